The molecule has 18 heavy (non-hydrogen) atoms. The number of rotatable bonds is 3. The van der Waals surface area contributed by atoms with Crippen LogP contribution in [0.5, 0.6) is 0 Å². The van der Waals surface area contributed by atoms with Crippen LogP contribution in [-0.4, -0.2) is 28.0 Å². The van der Waals surface area contributed by atoms with Crippen molar-refractivity contribution in [2.45, 2.75) is 32.2 Å². The Kier molecular flexibility index (Phi) is 3.11. The molecular weight excluding hydrogens is 248 g/mol. The van der Waals surface area contributed by atoms with Gasteiger partial charge in [-0.3, -0.25) is 4.79 Å². The average molecular weight is 266 g/mol. The van der Waals surface area contributed by atoms with Crippen molar-refractivity contribution in [2.24, 2.45) is 17.8 Å². The van der Waals surface area contributed by atoms with Gasteiger partial charge in [-0.05, 0) is 49.6 Å². The number of carbonyl (C=O) groups excluding carboxylic acids is 1. The van der Waals surface area contributed by atoms with E-state index in [0.717, 1.165) is 12.1 Å². The van der Waals surface area contributed by atoms with Crippen molar-refractivity contribution in [3.63, 3.8) is 0 Å². The number of aliphatic hydroxyl groups excluding tert-OH is 1. The molecule has 2 aliphatic rings. The Bertz CT molecular complexity index is 460. The smallest absolute Gasteiger partial charge is 0.254 e. The second kappa shape index (κ2) is 4.63. The monoisotopic (exact) mass is 266 g/mol. The number of nitrogens with zero attached hydrogens (tertiary/aromatic N) is 1. The third kappa shape index (κ3) is 1.86. The molecule has 5 heteroatoms. The molecule has 0 saturated heterocycles. The van der Waals surface area contributed by atoms with E-state index in [4.69, 9.17) is 0 Å². The maximum Gasteiger partial charge on any atom is 0.254 e. The van der Waals surface area contributed by atoms with Crippen LogP contribution in [0, 0.1) is 24.7 Å². The second-order valence-corrected chi connectivity index (χ2v) is 6.12. The number of fused-ring (bicyclic) bond motifs is 2. The normalized spacial score (nSPS) is 33.9. The van der Waals surface area contributed by atoms with Crippen molar-refractivity contribution >= 4 is 17.4 Å². The topological polar surface area (TPSA) is 62.2 Å². The lowest BCUT2D eigenvalue weighted by Gasteiger charge is -2.30. The van der Waals surface area contributed by atoms with E-state index < -0.39 is 0 Å². The van der Waals surface area contributed by atoms with E-state index in [1.165, 1.54) is 24.4 Å². The maximum atomic E-state index is 12.2. The minimum atomic E-state index is -0.0303. The zero-order chi connectivity index (χ0) is 12.7. The third-order valence-electron chi connectivity index (χ3n) is 4.59. The fraction of sp³-hybridized carbons (Fsp3) is 0.692. The zero-order valence-electron chi connectivity index (χ0n) is 10.4. The fourth-order valence-corrected chi connectivity index (χ4v) is 4.33. The fourth-order valence-electron chi connectivity index (χ4n) is 3.64. The van der Waals surface area contributed by atoms with Gasteiger partial charge in [0.15, 0.2) is 0 Å². The Morgan fingerprint density at radius 2 is 2.33 bits per heavy atom. The molecule has 1 heterocycles. The molecule has 3 rings (SSSR count). The maximum absolute atomic E-state index is 12.2. The first-order chi connectivity index (χ1) is 8.70. The van der Waals surface area contributed by atoms with E-state index in [9.17, 15) is 9.90 Å². The van der Waals surface area contributed by atoms with E-state index in [-0.39, 0.29) is 24.5 Å². The molecular formula is C13H18N2O2S. The minimum absolute atomic E-state index is 0.0303. The lowest BCUT2D eigenvalue weighted by molar-refractivity contribution is 0.0861. The van der Waals surface area contributed by atoms with Crippen LogP contribution in [0.25, 0.3) is 0 Å². The lowest BCUT2D eigenvalue weighted by atomic mass is 9.85. The van der Waals surface area contributed by atoms with E-state index in [0.29, 0.717) is 17.4 Å². The van der Waals surface area contributed by atoms with Gasteiger partial charge in [-0.2, -0.15) is 4.37 Å². The summed E-state index contributed by atoms with van der Waals surface area (Å²) in [5, 5.41) is 14.4. The standard InChI is InChI=1S/C13H18N2O2S/c1-7-11(6-18-15-7)13(17)14-12-9-3-2-8(4-9)10(12)5-16/h6,8-10,12,16H,2-5H2,1H3,(H,14,17). The highest BCUT2D eigenvalue weighted by atomic mass is 32.1. The van der Waals surface area contributed by atoms with Crippen LogP contribution in [0.4, 0.5) is 0 Å². The van der Waals surface area contributed by atoms with Gasteiger partial charge in [0.05, 0.1) is 11.3 Å². The van der Waals surface area contributed by atoms with E-state index in [1.54, 1.807) is 5.38 Å². The second-order valence-electron chi connectivity index (χ2n) is 5.49. The molecule has 2 saturated carbocycles. The molecule has 0 spiro atoms. The number of aliphatic hydroxyl groups is 1. The Balaban J connectivity index is 1.73. The molecule has 1 aromatic heterocycles. The first-order valence-electron chi connectivity index (χ1n) is 6.53. The number of carbonyl (C=O) groups is 1. The number of nitrogens with one attached hydrogen (secondary N) is 1. The highest BCUT2D eigenvalue weighted by Gasteiger charge is 2.47. The molecule has 0 aliphatic heterocycles. The highest BCUT2D eigenvalue weighted by molar-refractivity contribution is 7.03. The summed E-state index contributed by atoms with van der Waals surface area (Å²) in [6.45, 7) is 2.04. The van der Waals surface area contributed by atoms with E-state index >= 15 is 0 Å². The Morgan fingerprint density at radius 3 is 3.00 bits per heavy atom. The van der Waals surface area contributed by atoms with Crippen LogP contribution in [0.3, 0.4) is 0 Å². The SMILES string of the molecule is Cc1nscc1C(=O)NC1C2CCC(C2)C1CO. The summed E-state index contributed by atoms with van der Waals surface area (Å²) in [5.74, 6) is 1.38. The van der Waals surface area contributed by atoms with Crippen molar-refractivity contribution in [3.8, 4) is 0 Å². The number of amides is 1. The largest absolute Gasteiger partial charge is 0.396 e. The predicted octanol–water partition coefficient (Wildman–Crippen LogP) is 1.59. The summed E-state index contributed by atoms with van der Waals surface area (Å²) >= 11 is 1.31. The van der Waals surface area contributed by atoms with Crippen LogP contribution in [-0.2, 0) is 0 Å². The van der Waals surface area contributed by atoms with Crippen molar-refractivity contribution in [2.75, 3.05) is 6.61 Å². The lowest BCUT2D eigenvalue weighted by Crippen LogP contribution is -2.45. The predicted molar refractivity (Wildman–Crippen MR) is 69.5 cm³/mol. The molecule has 2 bridgehead atoms. The molecule has 4 nitrogen and oxygen atoms in total. The summed E-state index contributed by atoms with van der Waals surface area (Å²) < 4.78 is 4.13. The molecule has 4 unspecified atom stereocenters. The van der Waals surface area contributed by atoms with Crippen molar-refractivity contribution in [3.05, 3.63) is 16.6 Å². The quantitative estimate of drug-likeness (QED) is 0.873. The van der Waals surface area contributed by atoms with Gasteiger partial charge in [-0.25, -0.2) is 0 Å². The first kappa shape index (κ1) is 12.1. The summed E-state index contributed by atoms with van der Waals surface area (Å²) in [4.78, 5) is 12.2. The molecule has 2 fully saturated rings. The Morgan fingerprint density at radius 1 is 1.56 bits per heavy atom. The van der Waals surface area contributed by atoms with Gasteiger partial charge in [0.2, 0.25) is 0 Å². The number of aryl methyl sites for hydroxylation is 1. The van der Waals surface area contributed by atoms with Gasteiger partial charge < -0.3 is 10.4 Å². The van der Waals surface area contributed by atoms with Crippen molar-refractivity contribution in [1.82, 2.24) is 9.69 Å². The van der Waals surface area contributed by atoms with Gasteiger partial charge in [-0.15, -0.1) is 0 Å². The van der Waals surface area contributed by atoms with Gasteiger partial charge >= 0.3 is 0 Å². The molecule has 98 valence electrons. The zero-order valence-corrected chi connectivity index (χ0v) is 11.2. The molecule has 0 aromatic carbocycles. The average Bonchev–Trinajstić information content (AvgIpc) is 3.03. The molecule has 2 aliphatic carbocycles. The van der Waals surface area contributed by atoms with Gasteiger partial charge in [0.1, 0.15) is 0 Å². The van der Waals surface area contributed by atoms with Gasteiger partial charge in [0.25, 0.3) is 5.91 Å². The summed E-state index contributed by atoms with van der Waals surface area (Å²) in [5.41, 5.74) is 1.47. The summed E-state index contributed by atoms with van der Waals surface area (Å²) in [6, 6.07) is 0.153. The highest BCUT2D eigenvalue weighted by Crippen LogP contribution is 2.48. The molecule has 2 N–H and O–H groups in total. The first-order valence-corrected chi connectivity index (χ1v) is 7.37. The number of aromatic nitrogens is 1. The minimum Gasteiger partial charge on any atom is -0.396 e. The van der Waals surface area contributed by atoms with Crippen molar-refractivity contribution < 1.29 is 9.90 Å². The van der Waals surface area contributed by atoms with Crippen LogP contribution < -0.4 is 5.32 Å². The van der Waals surface area contributed by atoms with E-state index in [2.05, 4.69) is 9.69 Å². The summed E-state index contributed by atoms with van der Waals surface area (Å²) in [6.07, 6.45) is 3.56. The number of hydrogen-bond donors (Lipinski definition) is 2. The molecule has 0 radical (unpaired) electrons. The van der Waals surface area contributed by atoms with Crippen LogP contribution in [0.1, 0.15) is 35.3 Å². The van der Waals surface area contributed by atoms with Crippen LogP contribution >= 0.6 is 11.5 Å². The van der Waals surface area contributed by atoms with Crippen LogP contribution in [0.2, 0.25) is 0 Å². The van der Waals surface area contributed by atoms with E-state index in [1.807, 2.05) is 6.92 Å². The number of hydrogen-bond acceptors (Lipinski definition) is 4. The Labute approximate surface area is 111 Å². The van der Waals surface area contributed by atoms with Crippen molar-refractivity contribution in [1.29, 1.82) is 0 Å². The van der Waals surface area contributed by atoms with Gasteiger partial charge in [-0.1, -0.05) is 0 Å². The Hall–Kier alpha value is -0.940. The van der Waals surface area contributed by atoms with Crippen LogP contribution in [0.15, 0.2) is 5.38 Å². The molecule has 1 aromatic rings. The molecule has 1 amide bonds. The summed E-state index contributed by atoms with van der Waals surface area (Å²) in [7, 11) is 0. The molecule has 4 atom stereocenters. The third-order valence-corrected chi connectivity index (χ3v) is 5.31. The van der Waals surface area contributed by atoms with Gasteiger partial charge in [0, 0.05) is 23.9 Å².